The lowest BCUT2D eigenvalue weighted by Crippen LogP contribution is -2.35. The van der Waals surface area contributed by atoms with Crippen LogP contribution in [0.3, 0.4) is 0 Å². The number of carboxylic acids is 2. The Hall–Kier alpha value is -3.36. The highest BCUT2D eigenvalue weighted by atomic mass is 35.5. The molecule has 10 heteroatoms. The molecule has 2 aromatic rings. The van der Waals surface area contributed by atoms with Crippen molar-refractivity contribution in [1.29, 1.82) is 0 Å². The quantitative estimate of drug-likeness (QED) is 0.566. The molecule has 1 atom stereocenters. The highest BCUT2D eigenvalue weighted by molar-refractivity contribution is 6.34. The van der Waals surface area contributed by atoms with E-state index in [1.54, 1.807) is 13.0 Å². The van der Waals surface area contributed by atoms with Crippen molar-refractivity contribution >= 4 is 52.5 Å². The summed E-state index contributed by atoms with van der Waals surface area (Å²) in [4.78, 5) is 39.9. The Morgan fingerprint density at radius 3 is 2.58 bits per heavy atom. The van der Waals surface area contributed by atoms with Gasteiger partial charge in [0.05, 0.1) is 17.0 Å². The molecule has 160 valence electrons. The van der Waals surface area contributed by atoms with Gasteiger partial charge >= 0.3 is 18.0 Å². The molecule has 31 heavy (non-hydrogen) atoms. The third-order valence-electron chi connectivity index (χ3n) is 4.49. The summed E-state index contributed by atoms with van der Waals surface area (Å²) in [5.41, 5.74) is -1.53. The number of amides is 1. The molecule has 1 amide bonds. The summed E-state index contributed by atoms with van der Waals surface area (Å²) in [5.74, 6) is -2.64. The number of hydrogen-bond acceptors (Lipinski definition) is 5. The summed E-state index contributed by atoms with van der Waals surface area (Å²) >= 11 is 12.4. The highest BCUT2D eigenvalue weighted by Crippen LogP contribution is 2.38. The molecule has 3 N–H and O–H groups in total. The van der Waals surface area contributed by atoms with Crippen LogP contribution in [0.25, 0.3) is 5.57 Å². The minimum absolute atomic E-state index is 0.0485. The normalized spacial score (nSPS) is 17.2. The molecule has 3 rings (SSSR count). The van der Waals surface area contributed by atoms with E-state index in [0.717, 1.165) is 12.2 Å². The van der Waals surface area contributed by atoms with Crippen LogP contribution in [0.2, 0.25) is 10.0 Å². The Kier molecular flexibility index (Phi) is 6.33. The number of carbonyl (C=O) groups excluding carboxylic acids is 1. The topological polar surface area (TPSA) is 125 Å². The monoisotopic (exact) mass is 462 g/mol. The molecule has 0 aromatic heterocycles. The average molecular weight is 463 g/mol. The fourth-order valence-corrected chi connectivity index (χ4v) is 3.89. The Balaban J connectivity index is 2.30. The molecule has 0 saturated carbocycles. The van der Waals surface area contributed by atoms with Crippen molar-refractivity contribution in [1.82, 2.24) is 0 Å². The third-order valence-corrected chi connectivity index (χ3v) is 5.00. The van der Waals surface area contributed by atoms with Gasteiger partial charge in [-0.15, -0.1) is 0 Å². The Morgan fingerprint density at radius 2 is 1.94 bits per heavy atom. The first-order valence-electron chi connectivity index (χ1n) is 8.97. The van der Waals surface area contributed by atoms with E-state index in [1.807, 2.05) is 0 Å². The van der Waals surface area contributed by atoms with Gasteiger partial charge in [0.1, 0.15) is 0 Å². The van der Waals surface area contributed by atoms with Crippen molar-refractivity contribution in [3.05, 3.63) is 74.7 Å². The molecule has 1 unspecified atom stereocenters. The minimum atomic E-state index is -2.02. The standard InChI is InChI=1S/C21H16Cl2N2O6/c1-2-31-20(30)24-13-5-3-4-11(8-13)21(19(28)29)14(6-7-17(26)27)18-15(23)9-12(22)10-16(18)25-21/h3-10H,2H2,1H3,(H,24,30)(H,26,27)(H,28,29). The maximum absolute atomic E-state index is 12.6. The molecule has 0 spiro atoms. The van der Waals surface area contributed by atoms with Gasteiger partial charge in [-0.3, -0.25) is 10.3 Å². The van der Waals surface area contributed by atoms with Crippen LogP contribution >= 0.6 is 23.2 Å². The van der Waals surface area contributed by atoms with E-state index in [9.17, 15) is 19.5 Å². The molecule has 0 saturated heterocycles. The van der Waals surface area contributed by atoms with E-state index in [1.165, 1.54) is 30.3 Å². The van der Waals surface area contributed by atoms with Crippen LogP contribution in [0.4, 0.5) is 10.5 Å². The molecular formula is C21H16Cl2N2O6. The van der Waals surface area contributed by atoms with Crippen LogP contribution in [-0.4, -0.2) is 34.9 Å². The number of fused-ring (bicyclic) bond motifs is 1. The number of halogens is 2. The van der Waals surface area contributed by atoms with Crippen molar-refractivity contribution in [2.45, 2.75) is 12.5 Å². The second kappa shape index (κ2) is 8.79. The second-order valence-corrected chi connectivity index (χ2v) is 7.26. The van der Waals surface area contributed by atoms with E-state index in [4.69, 9.17) is 33.0 Å². The molecule has 1 heterocycles. The molecule has 1 aliphatic rings. The van der Waals surface area contributed by atoms with Crippen molar-refractivity contribution in [2.75, 3.05) is 11.9 Å². The van der Waals surface area contributed by atoms with Crippen molar-refractivity contribution in [2.24, 2.45) is 4.99 Å². The Bertz CT molecular complexity index is 1240. The molecule has 0 bridgehead atoms. The fourth-order valence-electron chi connectivity index (χ4n) is 3.31. The zero-order valence-corrected chi connectivity index (χ0v) is 17.6. The maximum Gasteiger partial charge on any atom is 0.411 e. The summed E-state index contributed by atoms with van der Waals surface area (Å²) in [5, 5.41) is 22.7. The van der Waals surface area contributed by atoms with Crippen molar-refractivity contribution in [3.8, 4) is 0 Å². The average Bonchev–Trinajstić information content (AvgIpc) is 3.02. The first-order valence-corrected chi connectivity index (χ1v) is 9.73. The zero-order valence-electron chi connectivity index (χ0n) is 16.1. The predicted octanol–water partition coefficient (Wildman–Crippen LogP) is 2.97. The smallest absolute Gasteiger partial charge is 0.411 e. The number of aliphatic carboxylic acids is 2. The third kappa shape index (κ3) is 4.26. The number of nitrogens with zero attached hydrogens (tertiary/aromatic N) is 1. The van der Waals surface area contributed by atoms with E-state index in [0.29, 0.717) is 0 Å². The minimum Gasteiger partial charge on any atom is -0.479 e. The van der Waals surface area contributed by atoms with Gasteiger partial charge in [0.2, 0.25) is 5.54 Å². The number of ether oxygens (including phenoxy) is 1. The largest absolute Gasteiger partial charge is 0.479 e. The van der Waals surface area contributed by atoms with Gasteiger partial charge in [-0.1, -0.05) is 35.3 Å². The summed E-state index contributed by atoms with van der Waals surface area (Å²) in [6, 6.07) is 8.88. The van der Waals surface area contributed by atoms with E-state index >= 15 is 0 Å². The molecule has 0 fully saturated rings. The van der Waals surface area contributed by atoms with Crippen LogP contribution in [0.5, 0.6) is 0 Å². The molecule has 0 aliphatic carbocycles. The van der Waals surface area contributed by atoms with E-state index in [-0.39, 0.29) is 44.1 Å². The van der Waals surface area contributed by atoms with Gasteiger partial charge in [0, 0.05) is 27.6 Å². The summed E-state index contributed by atoms with van der Waals surface area (Å²) in [6.07, 6.45) is 1.25. The van der Waals surface area contributed by atoms with Gasteiger partial charge in [-0.25, -0.2) is 14.4 Å². The number of anilines is 1. The summed E-state index contributed by atoms with van der Waals surface area (Å²) in [6.45, 7) is 1.81. The number of benzene rings is 2. The van der Waals surface area contributed by atoms with Crippen LogP contribution in [0.1, 0.15) is 12.5 Å². The summed E-state index contributed by atoms with van der Waals surface area (Å²) < 4.78 is 4.85. The predicted molar refractivity (Wildman–Crippen MR) is 114 cm³/mol. The van der Waals surface area contributed by atoms with Crippen LogP contribution in [0.15, 0.2) is 53.5 Å². The van der Waals surface area contributed by atoms with Gasteiger partial charge in [0.25, 0.3) is 0 Å². The fraction of sp³-hybridized carbons (Fsp3) is 0.143. The van der Waals surface area contributed by atoms with Gasteiger partial charge in [0.15, 0.2) is 0 Å². The van der Waals surface area contributed by atoms with E-state index in [2.05, 4.69) is 10.3 Å². The number of rotatable bonds is 6. The van der Waals surface area contributed by atoms with Crippen molar-refractivity contribution < 1.29 is 29.3 Å². The molecule has 8 nitrogen and oxygen atoms in total. The lowest BCUT2D eigenvalue weighted by Gasteiger charge is -2.25. The highest BCUT2D eigenvalue weighted by Gasteiger charge is 2.46. The van der Waals surface area contributed by atoms with Crippen LogP contribution in [-0.2, 0) is 19.9 Å². The summed E-state index contributed by atoms with van der Waals surface area (Å²) in [7, 11) is 0. The van der Waals surface area contributed by atoms with Crippen LogP contribution < -0.4 is 15.9 Å². The van der Waals surface area contributed by atoms with Crippen LogP contribution in [0, 0.1) is 0 Å². The maximum atomic E-state index is 12.6. The molecular weight excluding hydrogens is 447 g/mol. The number of nitrogens with one attached hydrogen (secondary N) is 1. The number of carbonyl (C=O) groups is 3. The first kappa shape index (κ1) is 22.3. The van der Waals surface area contributed by atoms with Gasteiger partial charge in [-0.2, -0.15) is 0 Å². The molecule has 2 aromatic carbocycles. The SMILES string of the molecule is CCOC(=O)Nc1cccc(C2(C(=O)O)N=c3cc(Cl)cc(Cl)c3=C2C=CC(=O)O)c1. The van der Waals surface area contributed by atoms with Crippen molar-refractivity contribution in [3.63, 3.8) is 0 Å². The first-order chi connectivity index (χ1) is 14.7. The van der Waals surface area contributed by atoms with Gasteiger partial charge < -0.3 is 14.9 Å². The van der Waals surface area contributed by atoms with E-state index < -0.39 is 23.6 Å². The number of hydrogen-bond donors (Lipinski definition) is 3. The molecule has 1 aliphatic heterocycles. The molecule has 0 radical (unpaired) electrons. The lowest BCUT2D eigenvalue weighted by molar-refractivity contribution is -0.141. The number of carboxylic acid groups (broad SMARTS) is 2. The zero-order chi connectivity index (χ0) is 22.8. The second-order valence-electron chi connectivity index (χ2n) is 6.42. The van der Waals surface area contributed by atoms with Gasteiger partial charge in [-0.05, 0) is 42.8 Å². The lowest BCUT2D eigenvalue weighted by atomic mass is 9.82. The Labute approximate surface area is 186 Å². The Morgan fingerprint density at radius 1 is 1.19 bits per heavy atom.